The van der Waals surface area contributed by atoms with Crippen molar-refractivity contribution < 1.29 is 19.0 Å². The molecular formula is C22H22N2O4. The Hall–Kier alpha value is -3.12. The van der Waals surface area contributed by atoms with Crippen LogP contribution in [0.3, 0.4) is 0 Å². The van der Waals surface area contributed by atoms with Crippen molar-refractivity contribution in [2.75, 3.05) is 37.8 Å². The molecule has 2 heterocycles. The van der Waals surface area contributed by atoms with Gasteiger partial charge in [0.1, 0.15) is 5.75 Å². The smallest absolute Gasteiger partial charge is 0.363 e. The van der Waals surface area contributed by atoms with Crippen molar-refractivity contribution in [3.8, 4) is 5.75 Å². The van der Waals surface area contributed by atoms with Crippen molar-refractivity contribution >= 4 is 23.6 Å². The molecule has 1 fully saturated rings. The van der Waals surface area contributed by atoms with Crippen molar-refractivity contribution in [1.82, 2.24) is 0 Å². The second kappa shape index (κ2) is 8.27. The third-order valence-corrected chi connectivity index (χ3v) is 4.61. The van der Waals surface area contributed by atoms with E-state index in [-0.39, 0.29) is 0 Å². The summed E-state index contributed by atoms with van der Waals surface area (Å²) in [5.74, 6) is 0.637. The molecule has 0 spiro atoms. The van der Waals surface area contributed by atoms with Gasteiger partial charge in [-0.25, -0.2) is 9.79 Å². The largest absolute Gasteiger partial charge is 0.494 e. The highest BCUT2D eigenvalue weighted by Crippen LogP contribution is 2.22. The minimum atomic E-state index is -0.443. The molecule has 2 aliphatic rings. The number of ether oxygens (including phenoxy) is 3. The van der Waals surface area contributed by atoms with Gasteiger partial charge < -0.3 is 19.1 Å². The van der Waals surface area contributed by atoms with Crippen LogP contribution in [0.2, 0.25) is 0 Å². The number of aliphatic imine (C=N–C) groups is 1. The zero-order chi connectivity index (χ0) is 19.3. The number of benzene rings is 2. The Bertz CT molecular complexity index is 895. The van der Waals surface area contributed by atoms with Crippen molar-refractivity contribution in [1.29, 1.82) is 0 Å². The van der Waals surface area contributed by atoms with Gasteiger partial charge in [-0.15, -0.1) is 0 Å². The van der Waals surface area contributed by atoms with Crippen molar-refractivity contribution in [3.05, 3.63) is 65.4 Å². The summed E-state index contributed by atoms with van der Waals surface area (Å²) in [5.41, 5.74) is 3.09. The van der Waals surface area contributed by atoms with E-state index < -0.39 is 5.97 Å². The molecule has 0 saturated carbocycles. The van der Waals surface area contributed by atoms with Gasteiger partial charge in [-0.2, -0.15) is 0 Å². The van der Waals surface area contributed by atoms with Crippen LogP contribution in [0.5, 0.6) is 5.75 Å². The molecule has 28 heavy (non-hydrogen) atoms. The number of hydrogen-bond acceptors (Lipinski definition) is 6. The number of cyclic esters (lactones) is 1. The van der Waals surface area contributed by atoms with Crippen LogP contribution in [0, 0.1) is 0 Å². The van der Waals surface area contributed by atoms with Gasteiger partial charge >= 0.3 is 5.97 Å². The fourth-order valence-electron chi connectivity index (χ4n) is 3.15. The summed E-state index contributed by atoms with van der Waals surface area (Å²) in [4.78, 5) is 18.8. The fraction of sp³-hybridized carbons (Fsp3) is 0.273. The Morgan fingerprint density at radius 3 is 2.46 bits per heavy atom. The average molecular weight is 378 g/mol. The molecule has 0 N–H and O–H groups in total. The van der Waals surface area contributed by atoms with E-state index in [4.69, 9.17) is 14.2 Å². The summed E-state index contributed by atoms with van der Waals surface area (Å²) < 4.78 is 16.1. The van der Waals surface area contributed by atoms with Crippen LogP contribution >= 0.6 is 0 Å². The lowest BCUT2D eigenvalue weighted by Crippen LogP contribution is -2.36. The summed E-state index contributed by atoms with van der Waals surface area (Å²) in [6.45, 7) is 5.82. The van der Waals surface area contributed by atoms with Crippen molar-refractivity contribution in [3.63, 3.8) is 0 Å². The van der Waals surface area contributed by atoms with Crippen LogP contribution in [-0.4, -0.2) is 44.8 Å². The number of morpholine rings is 1. The first-order valence-electron chi connectivity index (χ1n) is 9.41. The maximum atomic E-state index is 12.2. The maximum Gasteiger partial charge on any atom is 0.363 e. The Labute approximate surface area is 164 Å². The Morgan fingerprint density at radius 2 is 1.79 bits per heavy atom. The number of esters is 1. The molecule has 0 aromatic heterocycles. The lowest BCUT2D eigenvalue weighted by Gasteiger charge is -2.28. The molecule has 6 nitrogen and oxygen atoms in total. The Morgan fingerprint density at radius 1 is 1.07 bits per heavy atom. The number of hydrogen-bond donors (Lipinski definition) is 0. The Kier molecular flexibility index (Phi) is 5.39. The zero-order valence-corrected chi connectivity index (χ0v) is 15.8. The third kappa shape index (κ3) is 4.07. The van der Waals surface area contributed by atoms with Crippen molar-refractivity contribution in [2.24, 2.45) is 4.99 Å². The molecule has 1 saturated heterocycles. The lowest BCUT2D eigenvalue weighted by molar-refractivity contribution is -0.129. The zero-order valence-electron chi connectivity index (χ0n) is 15.8. The maximum absolute atomic E-state index is 12.2. The predicted molar refractivity (Wildman–Crippen MR) is 108 cm³/mol. The minimum Gasteiger partial charge on any atom is -0.494 e. The summed E-state index contributed by atoms with van der Waals surface area (Å²) in [6.07, 6.45) is 1.74. The molecule has 0 radical (unpaired) electrons. The molecule has 0 unspecified atom stereocenters. The quantitative estimate of drug-likeness (QED) is 0.590. The van der Waals surface area contributed by atoms with E-state index in [0.717, 1.165) is 48.9 Å². The van der Waals surface area contributed by atoms with Crippen LogP contribution in [0.1, 0.15) is 18.1 Å². The van der Waals surface area contributed by atoms with E-state index in [9.17, 15) is 4.79 Å². The third-order valence-electron chi connectivity index (χ3n) is 4.61. The highest BCUT2D eigenvalue weighted by molar-refractivity contribution is 6.12. The van der Waals surface area contributed by atoms with Crippen molar-refractivity contribution in [2.45, 2.75) is 6.92 Å². The first-order chi connectivity index (χ1) is 13.7. The van der Waals surface area contributed by atoms with E-state index in [1.54, 1.807) is 6.08 Å². The second-order valence-electron chi connectivity index (χ2n) is 6.48. The standard InChI is InChI=1S/C22H22N2O4/c1-2-27-19-9-5-17(6-10-19)21-23-20(22(25)28-21)15-16-3-7-18(8-4-16)24-11-13-26-14-12-24/h3-10,15H,2,11-14H2,1H3/b20-15-. The molecule has 2 aliphatic heterocycles. The molecule has 2 aromatic rings. The summed E-state index contributed by atoms with van der Waals surface area (Å²) in [5, 5.41) is 0. The van der Waals surface area contributed by atoms with Gasteiger partial charge in [0.25, 0.3) is 0 Å². The Balaban J connectivity index is 1.50. The number of carbonyl (C=O) groups is 1. The van der Waals surface area contributed by atoms with E-state index in [0.29, 0.717) is 18.2 Å². The van der Waals surface area contributed by atoms with Gasteiger partial charge in [-0.1, -0.05) is 12.1 Å². The van der Waals surface area contributed by atoms with Gasteiger partial charge in [0.05, 0.1) is 19.8 Å². The van der Waals surface area contributed by atoms with Gasteiger partial charge in [-0.05, 0) is 55.0 Å². The number of carbonyl (C=O) groups excluding carboxylic acids is 1. The van der Waals surface area contributed by atoms with Gasteiger partial charge in [0.2, 0.25) is 5.90 Å². The number of rotatable bonds is 5. The molecular weight excluding hydrogens is 356 g/mol. The van der Waals surface area contributed by atoms with Crippen LogP contribution < -0.4 is 9.64 Å². The lowest BCUT2D eigenvalue weighted by atomic mass is 10.1. The molecule has 4 rings (SSSR count). The number of nitrogens with zero attached hydrogens (tertiary/aromatic N) is 2. The summed E-state index contributed by atoms with van der Waals surface area (Å²) in [7, 11) is 0. The van der Waals surface area contributed by atoms with Crippen LogP contribution in [0.4, 0.5) is 5.69 Å². The minimum absolute atomic E-state index is 0.294. The second-order valence-corrected chi connectivity index (χ2v) is 6.48. The molecule has 0 bridgehead atoms. The normalized spacial score (nSPS) is 18.2. The summed E-state index contributed by atoms with van der Waals surface area (Å²) in [6, 6.07) is 15.4. The van der Waals surface area contributed by atoms with E-state index in [1.807, 2.05) is 43.3 Å². The molecule has 0 aliphatic carbocycles. The molecule has 2 aromatic carbocycles. The first-order valence-corrected chi connectivity index (χ1v) is 9.41. The SMILES string of the molecule is CCOc1ccc(C2=N/C(=C\c3ccc(N4CCOCC4)cc3)C(=O)O2)cc1. The average Bonchev–Trinajstić information content (AvgIpc) is 3.10. The highest BCUT2D eigenvalue weighted by Gasteiger charge is 2.24. The number of anilines is 1. The molecule has 0 atom stereocenters. The molecule has 6 heteroatoms. The topological polar surface area (TPSA) is 60.4 Å². The van der Waals surface area contributed by atoms with Crippen LogP contribution in [-0.2, 0) is 14.3 Å². The highest BCUT2D eigenvalue weighted by atomic mass is 16.6. The fourth-order valence-corrected chi connectivity index (χ4v) is 3.15. The van der Waals surface area contributed by atoms with E-state index in [2.05, 4.69) is 22.0 Å². The molecule has 144 valence electrons. The first kappa shape index (κ1) is 18.3. The monoisotopic (exact) mass is 378 g/mol. The van der Waals surface area contributed by atoms with E-state index in [1.165, 1.54) is 0 Å². The predicted octanol–water partition coefficient (Wildman–Crippen LogP) is 3.27. The van der Waals surface area contributed by atoms with Gasteiger partial charge in [0, 0.05) is 24.3 Å². The van der Waals surface area contributed by atoms with Crippen LogP contribution in [0.25, 0.3) is 6.08 Å². The van der Waals surface area contributed by atoms with Crippen LogP contribution in [0.15, 0.2) is 59.2 Å². The summed E-state index contributed by atoms with van der Waals surface area (Å²) >= 11 is 0. The molecule has 0 amide bonds. The van der Waals surface area contributed by atoms with Gasteiger partial charge in [0.15, 0.2) is 5.70 Å². The van der Waals surface area contributed by atoms with E-state index >= 15 is 0 Å². The van der Waals surface area contributed by atoms with Gasteiger partial charge in [-0.3, -0.25) is 0 Å².